The Bertz CT molecular complexity index is 776. The smallest absolute Gasteiger partial charge is 0.240 e. The molecule has 1 heterocycles. The lowest BCUT2D eigenvalue weighted by molar-refractivity contribution is 0.236. The highest BCUT2D eigenvalue weighted by Crippen LogP contribution is 2.15. The van der Waals surface area contributed by atoms with Gasteiger partial charge in [-0.2, -0.15) is 4.98 Å². The number of nitrogens with two attached hydrogens (primary N) is 1. The largest absolute Gasteiger partial charge is 0.338 e. The van der Waals surface area contributed by atoms with Gasteiger partial charge in [0.15, 0.2) is 5.82 Å². The van der Waals surface area contributed by atoms with Crippen molar-refractivity contribution in [1.29, 1.82) is 0 Å². The molecule has 5 nitrogen and oxygen atoms in total. The van der Waals surface area contributed by atoms with Gasteiger partial charge in [0, 0.05) is 13.1 Å². The second-order valence-electron chi connectivity index (χ2n) is 5.87. The van der Waals surface area contributed by atoms with Crippen molar-refractivity contribution in [3.63, 3.8) is 0 Å². The van der Waals surface area contributed by atoms with Crippen LogP contribution >= 0.6 is 12.4 Å². The molecule has 0 aliphatic rings. The number of hydrogen-bond acceptors (Lipinski definition) is 5. The zero-order valence-corrected chi connectivity index (χ0v) is 15.1. The molecule has 0 atom stereocenters. The summed E-state index contributed by atoms with van der Waals surface area (Å²) in [5.74, 6) is 1.14. The van der Waals surface area contributed by atoms with E-state index in [4.69, 9.17) is 10.3 Å². The van der Waals surface area contributed by atoms with Gasteiger partial charge in [0.05, 0.1) is 13.1 Å². The van der Waals surface area contributed by atoms with Gasteiger partial charge in [-0.15, -0.1) is 12.4 Å². The minimum Gasteiger partial charge on any atom is -0.338 e. The Kier molecular flexibility index (Phi) is 7.13. The third kappa shape index (κ3) is 5.39. The van der Waals surface area contributed by atoms with Gasteiger partial charge in [0.25, 0.3) is 0 Å². The van der Waals surface area contributed by atoms with Crippen molar-refractivity contribution in [2.75, 3.05) is 0 Å². The van der Waals surface area contributed by atoms with E-state index >= 15 is 0 Å². The zero-order chi connectivity index (χ0) is 16.8. The molecule has 2 aromatic carbocycles. The summed E-state index contributed by atoms with van der Waals surface area (Å²) in [6, 6.07) is 18.8. The fourth-order valence-corrected chi connectivity index (χ4v) is 2.67. The molecule has 1 aromatic heterocycles. The molecule has 0 aliphatic heterocycles. The summed E-state index contributed by atoms with van der Waals surface area (Å²) < 4.78 is 5.13. The number of hydrogen-bond donors (Lipinski definition) is 1. The minimum atomic E-state index is 0. The van der Waals surface area contributed by atoms with E-state index in [1.807, 2.05) is 6.07 Å². The van der Waals surface area contributed by atoms with Gasteiger partial charge < -0.3 is 10.3 Å². The van der Waals surface area contributed by atoms with Gasteiger partial charge >= 0.3 is 0 Å². The summed E-state index contributed by atoms with van der Waals surface area (Å²) in [5.41, 5.74) is 9.39. The SMILES string of the molecule is Cc1ccccc1CN(Cc1ccccc1)Cc1noc(CN)n1.Cl. The molecule has 3 rings (SSSR count). The van der Waals surface area contributed by atoms with Crippen LogP contribution in [-0.4, -0.2) is 15.0 Å². The van der Waals surface area contributed by atoms with E-state index in [0.29, 0.717) is 18.3 Å². The number of aryl methyl sites for hydroxylation is 1. The quantitative estimate of drug-likeness (QED) is 0.700. The normalized spacial score (nSPS) is 10.7. The molecule has 0 unspecified atom stereocenters. The molecule has 25 heavy (non-hydrogen) atoms. The van der Waals surface area contributed by atoms with E-state index in [0.717, 1.165) is 13.1 Å². The van der Waals surface area contributed by atoms with Gasteiger partial charge in [0.2, 0.25) is 5.89 Å². The molecular weight excluding hydrogens is 336 g/mol. The second-order valence-corrected chi connectivity index (χ2v) is 5.87. The maximum Gasteiger partial charge on any atom is 0.240 e. The van der Waals surface area contributed by atoms with E-state index in [-0.39, 0.29) is 19.0 Å². The van der Waals surface area contributed by atoms with Crippen molar-refractivity contribution in [3.05, 3.63) is 83.0 Å². The van der Waals surface area contributed by atoms with Crippen LogP contribution in [0.3, 0.4) is 0 Å². The van der Waals surface area contributed by atoms with Crippen molar-refractivity contribution in [3.8, 4) is 0 Å². The highest BCUT2D eigenvalue weighted by atomic mass is 35.5. The van der Waals surface area contributed by atoms with Crippen LogP contribution in [0.15, 0.2) is 59.1 Å². The summed E-state index contributed by atoms with van der Waals surface area (Å²) in [7, 11) is 0. The van der Waals surface area contributed by atoms with Crippen LogP contribution in [0.5, 0.6) is 0 Å². The van der Waals surface area contributed by atoms with Crippen LogP contribution in [0.4, 0.5) is 0 Å². The third-order valence-corrected chi connectivity index (χ3v) is 3.95. The predicted molar refractivity (Wildman–Crippen MR) is 100 cm³/mol. The van der Waals surface area contributed by atoms with Gasteiger partial charge in [-0.05, 0) is 23.6 Å². The highest BCUT2D eigenvalue weighted by molar-refractivity contribution is 5.85. The zero-order valence-electron chi connectivity index (χ0n) is 14.3. The first-order valence-corrected chi connectivity index (χ1v) is 8.07. The third-order valence-electron chi connectivity index (χ3n) is 3.95. The van der Waals surface area contributed by atoms with Crippen LogP contribution in [0.2, 0.25) is 0 Å². The molecule has 3 aromatic rings. The fraction of sp³-hybridized carbons (Fsp3) is 0.263. The Balaban J connectivity index is 0.00000225. The van der Waals surface area contributed by atoms with Gasteiger partial charge in [0.1, 0.15) is 0 Å². The number of benzene rings is 2. The minimum absolute atomic E-state index is 0. The van der Waals surface area contributed by atoms with Crippen molar-refractivity contribution >= 4 is 12.4 Å². The Morgan fingerprint density at radius 1 is 0.960 bits per heavy atom. The molecule has 6 heteroatoms. The molecule has 0 aliphatic carbocycles. The lowest BCUT2D eigenvalue weighted by Gasteiger charge is -2.22. The first-order valence-electron chi connectivity index (χ1n) is 8.07. The fourth-order valence-electron chi connectivity index (χ4n) is 2.67. The summed E-state index contributed by atoms with van der Waals surface area (Å²) >= 11 is 0. The van der Waals surface area contributed by atoms with Crippen LogP contribution in [0.25, 0.3) is 0 Å². The Hall–Kier alpha value is -2.21. The average Bonchev–Trinajstić information content (AvgIpc) is 3.05. The van der Waals surface area contributed by atoms with Crippen LogP contribution in [0.1, 0.15) is 28.4 Å². The monoisotopic (exact) mass is 358 g/mol. The Labute approximate surface area is 154 Å². The number of halogens is 1. The van der Waals surface area contributed by atoms with Gasteiger partial charge in [-0.1, -0.05) is 59.8 Å². The van der Waals surface area contributed by atoms with Gasteiger partial charge in [-0.3, -0.25) is 4.90 Å². The molecule has 0 bridgehead atoms. The molecule has 0 fully saturated rings. The van der Waals surface area contributed by atoms with Crippen LogP contribution < -0.4 is 5.73 Å². The number of rotatable bonds is 7. The van der Waals surface area contributed by atoms with E-state index < -0.39 is 0 Å². The van der Waals surface area contributed by atoms with Crippen molar-refractivity contribution in [2.45, 2.75) is 33.1 Å². The molecule has 0 saturated carbocycles. The Morgan fingerprint density at radius 3 is 2.36 bits per heavy atom. The van der Waals surface area contributed by atoms with E-state index in [2.05, 4.69) is 70.5 Å². The maximum atomic E-state index is 5.55. The first-order chi connectivity index (χ1) is 11.7. The van der Waals surface area contributed by atoms with Crippen molar-refractivity contribution < 1.29 is 4.52 Å². The van der Waals surface area contributed by atoms with Crippen LogP contribution in [0, 0.1) is 6.92 Å². The molecule has 2 N–H and O–H groups in total. The predicted octanol–water partition coefficient (Wildman–Crippen LogP) is 3.46. The topological polar surface area (TPSA) is 68.2 Å². The molecule has 0 radical (unpaired) electrons. The number of aromatic nitrogens is 2. The molecule has 0 spiro atoms. The van der Waals surface area contributed by atoms with E-state index in [9.17, 15) is 0 Å². The van der Waals surface area contributed by atoms with Crippen LogP contribution in [-0.2, 0) is 26.2 Å². The summed E-state index contributed by atoms with van der Waals surface area (Å²) in [5, 5.41) is 4.02. The second kappa shape index (κ2) is 9.32. The summed E-state index contributed by atoms with van der Waals surface area (Å²) in [6.45, 7) is 4.67. The first kappa shape index (κ1) is 19.1. The van der Waals surface area contributed by atoms with E-state index in [1.54, 1.807) is 0 Å². The lowest BCUT2D eigenvalue weighted by Crippen LogP contribution is -2.23. The average molecular weight is 359 g/mol. The molecule has 132 valence electrons. The maximum absolute atomic E-state index is 5.55. The van der Waals surface area contributed by atoms with Crippen molar-refractivity contribution in [2.24, 2.45) is 5.73 Å². The lowest BCUT2D eigenvalue weighted by atomic mass is 10.1. The van der Waals surface area contributed by atoms with E-state index in [1.165, 1.54) is 16.7 Å². The van der Waals surface area contributed by atoms with Gasteiger partial charge in [-0.25, -0.2) is 0 Å². The standard InChI is InChI=1S/C19H22N4O.ClH/c1-15-7-5-6-10-17(15)13-23(12-16-8-3-2-4-9-16)14-18-21-19(11-20)24-22-18;/h2-10H,11-14,20H2,1H3;1H. The summed E-state index contributed by atoms with van der Waals surface area (Å²) in [6.07, 6.45) is 0. The molecular formula is C19H23ClN4O. The number of nitrogens with zero attached hydrogens (tertiary/aromatic N) is 3. The summed E-state index contributed by atoms with van der Waals surface area (Å²) in [4.78, 5) is 6.64. The van der Waals surface area contributed by atoms with Crippen molar-refractivity contribution in [1.82, 2.24) is 15.0 Å². The molecule has 0 amide bonds. The Morgan fingerprint density at radius 2 is 1.68 bits per heavy atom. The molecule has 0 saturated heterocycles. The highest BCUT2D eigenvalue weighted by Gasteiger charge is 2.13.